The van der Waals surface area contributed by atoms with Crippen LogP contribution in [0.1, 0.15) is 23.7 Å². The summed E-state index contributed by atoms with van der Waals surface area (Å²) in [7, 11) is 2.91. The van der Waals surface area contributed by atoms with Crippen LogP contribution < -0.4 is 19.5 Å². The van der Waals surface area contributed by atoms with Gasteiger partial charge in [-0.2, -0.15) is 9.97 Å². The molecule has 9 heteroatoms. The molecular weight excluding hydrogens is 354 g/mol. The summed E-state index contributed by atoms with van der Waals surface area (Å²) in [5.74, 6) is -0.00755. The number of carbonyl (C=O) groups is 2. The molecule has 0 fully saturated rings. The van der Waals surface area contributed by atoms with E-state index in [1.54, 1.807) is 31.2 Å². The van der Waals surface area contributed by atoms with Gasteiger partial charge in [0.1, 0.15) is 5.75 Å². The molecule has 0 saturated heterocycles. The van der Waals surface area contributed by atoms with Gasteiger partial charge in [-0.3, -0.25) is 9.59 Å². The van der Waals surface area contributed by atoms with Gasteiger partial charge in [-0.05, 0) is 19.1 Å². The molecule has 1 heterocycles. The number of aromatic nitrogens is 2. The van der Waals surface area contributed by atoms with E-state index >= 15 is 0 Å². The molecule has 0 radical (unpaired) electrons. The fraction of sp³-hybridized carbons (Fsp3) is 0.333. The zero-order valence-electron chi connectivity index (χ0n) is 15.4. The Morgan fingerprint density at radius 2 is 1.74 bits per heavy atom. The van der Waals surface area contributed by atoms with Crippen LogP contribution in [-0.4, -0.2) is 49.2 Å². The smallest absolute Gasteiger partial charge is 0.328 e. The number of nitrogens with one attached hydrogen (secondary N) is 1. The van der Waals surface area contributed by atoms with Crippen LogP contribution in [0.25, 0.3) is 0 Å². The molecule has 0 atom stereocenters. The highest BCUT2D eigenvalue weighted by atomic mass is 16.5. The summed E-state index contributed by atoms with van der Waals surface area (Å²) in [6, 6.07) is 8.07. The Hall–Kier alpha value is -3.36. The average Bonchev–Trinajstić information content (AvgIpc) is 2.68. The van der Waals surface area contributed by atoms with Gasteiger partial charge in [0.25, 0.3) is 5.91 Å². The molecule has 0 aliphatic carbocycles. The lowest BCUT2D eigenvalue weighted by atomic mass is 10.2. The molecule has 0 unspecified atom stereocenters. The molecule has 0 aliphatic rings. The first-order valence-corrected chi connectivity index (χ1v) is 8.25. The van der Waals surface area contributed by atoms with E-state index in [0.717, 1.165) is 0 Å². The second kappa shape index (κ2) is 9.95. The van der Waals surface area contributed by atoms with Crippen LogP contribution >= 0.6 is 0 Å². The topological polar surface area (TPSA) is 109 Å². The number of hydrogen-bond acceptors (Lipinski definition) is 8. The third-order valence-electron chi connectivity index (χ3n) is 3.33. The molecule has 1 aromatic carbocycles. The fourth-order valence-electron chi connectivity index (χ4n) is 2.09. The van der Waals surface area contributed by atoms with Crippen molar-refractivity contribution in [2.24, 2.45) is 0 Å². The van der Waals surface area contributed by atoms with Crippen molar-refractivity contribution in [3.05, 3.63) is 35.9 Å². The van der Waals surface area contributed by atoms with Gasteiger partial charge < -0.3 is 24.3 Å². The van der Waals surface area contributed by atoms with E-state index in [9.17, 15) is 9.59 Å². The summed E-state index contributed by atoms with van der Waals surface area (Å²) in [4.78, 5) is 31.9. The van der Waals surface area contributed by atoms with Crippen LogP contribution in [0.4, 0.5) is 0 Å². The molecule has 1 aromatic heterocycles. The number of methoxy groups -OCH3 is 2. The number of para-hydroxylation sites is 1. The Balaban J connectivity index is 2.11. The number of hydrogen-bond donors (Lipinski definition) is 1. The molecule has 0 bridgehead atoms. The van der Waals surface area contributed by atoms with Crippen molar-refractivity contribution < 1.29 is 28.5 Å². The maximum Gasteiger partial charge on any atom is 0.328 e. The number of carbonyl (C=O) groups excluding carboxylic acids is 2. The van der Waals surface area contributed by atoms with E-state index in [-0.39, 0.29) is 48.0 Å². The van der Waals surface area contributed by atoms with Gasteiger partial charge in [0.15, 0.2) is 0 Å². The molecule has 2 aromatic rings. The van der Waals surface area contributed by atoms with E-state index in [1.807, 2.05) is 0 Å². The summed E-state index contributed by atoms with van der Waals surface area (Å²) in [6.45, 7) is 2.17. The molecular formula is C18H21N3O6. The number of esters is 1. The zero-order valence-corrected chi connectivity index (χ0v) is 15.4. The fourth-order valence-corrected chi connectivity index (χ4v) is 2.09. The van der Waals surface area contributed by atoms with Gasteiger partial charge in [-0.25, -0.2) is 0 Å². The Labute approximate surface area is 156 Å². The van der Waals surface area contributed by atoms with Crippen LogP contribution in [0.15, 0.2) is 30.3 Å². The Morgan fingerprint density at radius 3 is 2.37 bits per heavy atom. The lowest BCUT2D eigenvalue weighted by Crippen LogP contribution is -2.26. The lowest BCUT2D eigenvalue weighted by molar-refractivity contribution is -0.142. The highest BCUT2D eigenvalue weighted by molar-refractivity contribution is 5.97. The van der Waals surface area contributed by atoms with Crippen LogP contribution in [-0.2, 0) is 9.53 Å². The minimum atomic E-state index is -0.398. The average molecular weight is 375 g/mol. The molecule has 9 nitrogen and oxygen atoms in total. The van der Waals surface area contributed by atoms with E-state index in [1.165, 1.54) is 20.3 Å². The standard InChI is InChI=1S/C18H21N3O6/c1-4-26-16(22)9-10-19-17(23)12-7-5-6-8-13(12)27-18-20-14(24-2)11-15(21-18)25-3/h5-8,11H,4,9-10H2,1-3H3,(H,19,23). The Morgan fingerprint density at radius 1 is 1.07 bits per heavy atom. The van der Waals surface area contributed by atoms with Gasteiger partial charge in [0.05, 0.1) is 38.9 Å². The first-order chi connectivity index (χ1) is 13.1. The minimum absolute atomic E-state index is 0.0297. The Kier molecular flexibility index (Phi) is 7.36. The van der Waals surface area contributed by atoms with Gasteiger partial charge in [0, 0.05) is 6.54 Å². The van der Waals surface area contributed by atoms with Gasteiger partial charge in [-0.15, -0.1) is 0 Å². The lowest BCUT2D eigenvalue weighted by Gasteiger charge is -2.11. The van der Waals surface area contributed by atoms with Gasteiger partial charge in [0.2, 0.25) is 11.8 Å². The van der Waals surface area contributed by atoms with Crippen molar-refractivity contribution in [3.8, 4) is 23.5 Å². The van der Waals surface area contributed by atoms with E-state index < -0.39 is 5.91 Å². The number of rotatable bonds is 9. The van der Waals surface area contributed by atoms with Gasteiger partial charge >= 0.3 is 12.0 Å². The zero-order chi connectivity index (χ0) is 19.6. The predicted octanol–water partition coefficient (Wildman–Crippen LogP) is 1.97. The van der Waals surface area contributed by atoms with E-state index in [4.69, 9.17) is 18.9 Å². The highest BCUT2D eigenvalue weighted by Crippen LogP contribution is 2.26. The molecule has 2 rings (SSSR count). The minimum Gasteiger partial charge on any atom is -0.481 e. The van der Waals surface area contributed by atoms with Crippen molar-refractivity contribution in [2.45, 2.75) is 13.3 Å². The van der Waals surface area contributed by atoms with Crippen molar-refractivity contribution in [1.29, 1.82) is 0 Å². The first kappa shape index (κ1) is 20.0. The maximum absolute atomic E-state index is 12.4. The largest absolute Gasteiger partial charge is 0.481 e. The molecule has 0 aliphatic heterocycles. The van der Waals surface area contributed by atoms with E-state index in [2.05, 4.69) is 15.3 Å². The molecule has 1 amide bonds. The van der Waals surface area contributed by atoms with Crippen molar-refractivity contribution >= 4 is 11.9 Å². The SMILES string of the molecule is CCOC(=O)CCNC(=O)c1ccccc1Oc1nc(OC)cc(OC)n1. The van der Waals surface area contributed by atoms with E-state index in [0.29, 0.717) is 6.61 Å². The molecule has 27 heavy (non-hydrogen) atoms. The predicted molar refractivity (Wildman–Crippen MR) is 95.2 cm³/mol. The van der Waals surface area contributed by atoms with Gasteiger partial charge in [-0.1, -0.05) is 12.1 Å². The van der Waals surface area contributed by atoms with Crippen molar-refractivity contribution in [2.75, 3.05) is 27.4 Å². The summed E-state index contributed by atoms with van der Waals surface area (Å²) in [6.07, 6.45) is 0.0821. The molecule has 0 spiro atoms. The molecule has 0 saturated carbocycles. The van der Waals surface area contributed by atoms with Crippen molar-refractivity contribution in [1.82, 2.24) is 15.3 Å². The second-order valence-corrected chi connectivity index (χ2v) is 5.14. The normalized spacial score (nSPS) is 10.0. The van der Waals surface area contributed by atoms with Crippen LogP contribution in [0, 0.1) is 0 Å². The third kappa shape index (κ3) is 5.84. The number of amides is 1. The van der Waals surface area contributed by atoms with Crippen molar-refractivity contribution in [3.63, 3.8) is 0 Å². The van der Waals surface area contributed by atoms with Crippen LogP contribution in [0.3, 0.4) is 0 Å². The monoisotopic (exact) mass is 375 g/mol. The first-order valence-electron chi connectivity index (χ1n) is 8.25. The summed E-state index contributed by atoms with van der Waals surface area (Å²) < 4.78 is 20.6. The molecule has 144 valence electrons. The molecule has 1 N–H and O–H groups in total. The number of ether oxygens (including phenoxy) is 4. The summed E-state index contributed by atoms with van der Waals surface area (Å²) in [5, 5.41) is 2.65. The highest BCUT2D eigenvalue weighted by Gasteiger charge is 2.15. The summed E-state index contributed by atoms with van der Waals surface area (Å²) in [5.41, 5.74) is 0.270. The third-order valence-corrected chi connectivity index (χ3v) is 3.33. The van der Waals surface area contributed by atoms with Crippen LogP contribution in [0.5, 0.6) is 23.5 Å². The summed E-state index contributed by atoms with van der Waals surface area (Å²) >= 11 is 0. The number of nitrogens with zero attached hydrogens (tertiary/aromatic N) is 2. The maximum atomic E-state index is 12.4. The Bertz CT molecular complexity index is 774. The second-order valence-electron chi connectivity index (χ2n) is 5.14. The number of benzene rings is 1. The quantitative estimate of drug-likeness (QED) is 0.663. The van der Waals surface area contributed by atoms with Crippen LogP contribution in [0.2, 0.25) is 0 Å².